The van der Waals surface area contributed by atoms with Gasteiger partial charge in [0.2, 0.25) is 5.91 Å². The molecule has 0 unspecified atom stereocenters. The van der Waals surface area contributed by atoms with Gasteiger partial charge in [0, 0.05) is 42.5 Å². The van der Waals surface area contributed by atoms with Crippen molar-refractivity contribution in [3.05, 3.63) is 65.4 Å². The van der Waals surface area contributed by atoms with E-state index >= 15 is 0 Å². The summed E-state index contributed by atoms with van der Waals surface area (Å²) in [6, 6.07) is 16.5. The number of benzene rings is 2. The Hall–Kier alpha value is -2.88. The third-order valence-corrected chi connectivity index (χ3v) is 5.82. The Morgan fingerprint density at radius 1 is 0.889 bits per heavy atom. The Bertz CT molecular complexity index is 1050. The number of hydrogen-bond donors (Lipinski definition) is 0. The number of amides is 1. The summed E-state index contributed by atoms with van der Waals surface area (Å²) in [5.74, 6) is 0.435. The zero-order chi connectivity index (χ0) is 18.4. The average Bonchev–Trinajstić information content (AvgIpc) is 3.25. The molecule has 0 spiro atoms. The summed E-state index contributed by atoms with van der Waals surface area (Å²) in [5, 5.41) is 1.13. The summed E-state index contributed by atoms with van der Waals surface area (Å²) in [5.41, 5.74) is 5.27. The van der Waals surface area contributed by atoms with Crippen LogP contribution in [0.2, 0.25) is 0 Å². The monoisotopic (exact) mass is 358 g/mol. The van der Waals surface area contributed by atoms with Crippen molar-refractivity contribution >= 4 is 28.3 Å². The second-order valence-electron chi connectivity index (χ2n) is 7.53. The van der Waals surface area contributed by atoms with Crippen molar-refractivity contribution in [2.24, 2.45) is 0 Å². The van der Waals surface area contributed by atoms with Crippen LogP contribution < -0.4 is 4.90 Å². The molecular weight excluding hydrogens is 336 g/mol. The van der Waals surface area contributed by atoms with Gasteiger partial charge in [0.1, 0.15) is 0 Å². The third kappa shape index (κ3) is 2.67. The van der Waals surface area contributed by atoms with Crippen molar-refractivity contribution in [1.82, 2.24) is 4.57 Å². The lowest BCUT2D eigenvalue weighted by atomic mass is 9.94. The van der Waals surface area contributed by atoms with Crippen LogP contribution in [0.5, 0.6) is 0 Å². The summed E-state index contributed by atoms with van der Waals surface area (Å²) in [4.78, 5) is 26.8. The minimum atomic E-state index is 0.197. The van der Waals surface area contributed by atoms with Gasteiger partial charge in [0.05, 0.1) is 5.69 Å². The van der Waals surface area contributed by atoms with Gasteiger partial charge in [-0.25, -0.2) is 0 Å². The van der Waals surface area contributed by atoms with E-state index in [4.69, 9.17) is 0 Å². The number of hydrogen-bond acceptors (Lipinski definition) is 2. The second kappa shape index (κ2) is 6.38. The Morgan fingerprint density at radius 2 is 1.74 bits per heavy atom. The molecule has 2 heterocycles. The molecule has 3 aromatic rings. The van der Waals surface area contributed by atoms with Crippen molar-refractivity contribution in [2.45, 2.75) is 38.6 Å². The topological polar surface area (TPSA) is 42.3 Å². The molecule has 0 atom stereocenters. The van der Waals surface area contributed by atoms with Gasteiger partial charge in [-0.15, -0.1) is 0 Å². The van der Waals surface area contributed by atoms with Crippen molar-refractivity contribution in [2.75, 3.05) is 11.4 Å². The number of aromatic nitrogens is 1. The molecule has 1 fully saturated rings. The van der Waals surface area contributed by atoms with Crippen LogP contribution in [0.1, 0.15) is 47.3 Å². The summed E-state index contributed by atoms with van der Waals surface area (Å²) < 4.78 is 2.18. The highest BCUT2D eigenvalue weighted by atomic mass is 16.2. The zero-order valence-corrected chi connectivity index (χ0v) is 15.3. The molecule has 0 bridgehead atoms. The van der Waals surface area contributed by atoms with Crippen LogP contribution in [0.15, 0.2) is 48.5 Å². The molecule has 1 amide bonds. The van der Waals surface area contributed by atoms with E-state index in [2.05, 4.69) is 28.8 Å². The molecule has 4 heteroatoms. The Kier molecular flexibility index (Phi) is 3.85. The molecule has 0 radical (unpaired) electrons. The van der Waals surface area contributed by atoms with Crippen LogP contribution >= 0.6 is 0 Å². The minimum Gasteiger partial charge on any atom is -0.333 e. The van der Waals surface area contributed by atoms with Crippen molar-refractivity contribution in [3.8, 4) is 0 Å². The molecule has 0 saturated carbocycles. The number of carbonyl (C=O) groups is 2. The molecule has 4 nitrogen and oxygen atoms in total. The van der Waals surface area contributed by atoms with Crippen LogP contribution in [0.4, 0.5) is 5.69 Å². The van der Waals surface area contributed by atoms with E-state index in [9.17, 15) is 9.59 Å². The lowest BCUT2D eigenvalue weighted by Gasteiger charge is -2.16. The Labute approximate surface area is 158 Å². The van der Waals surface area contributed by atoms with Gasteiger partial charge in [-0.2, -0.15) is 0 Å². The van der Waals surface area contributed by atoms with E-state index in [1.807, 2.05) is 29.2 Å². The third-order valence-electron chi connectivity index (χ3n) is 5.82. The SMILES string of the molecule is O=C1CCCc2c1n(Cc1ccccc1)c1ccc(N3CCCC3=O)cc21. The normalized spacial score (nSPS) is 17.0. The van der Waals surface area contributed by atoms with Crippen LogP contribution in [-0.4, -0.2) is 22.8 Å². The molecule has 5 rings (SSSR count). The second-order valence-corrected chi connectivity index (χ2v) is 7.53. The zero-order valence-electron chi connectivity index (χ0n) is 15.3. The maximum Gasteiger partial charge on any atom is 0.227 e. The molecule has 1 aliphatic carbocycles. The van der Waals surface area contributed by atoms with Crippen LogP contribution in [-0.2, 0) is 17.8 Å². The number of rotatable bonds is 3. The molecule has 0 N–H and O–H groups in total. The number of anilines is 1. The first-order valence-corrected chi connectivity index (χ1v) is 9.75. The van der Waals surface area contributed by atoms with Crippen molar-refractivity contribution in [3.63, 3.8) is 0 Å². The van der Waals surface area contributed by atoms with Gasteiger partial charge in [-0.3, -0.25) is 9.59 Å². The van der Waals surface area contributed by atoms with Crippen LogP contribution in [0.3, 0.4) is 0 Å². The van der Waals surface area contributed by atoms with Gasteiger partial charge in [-0.05, 0) is 48.6 Å². The Morgan fingerprint density at radius 3 is 2.52 bits per heavy atom. The number of nitrogens with zero attached hydrogens (tertiary/aromatic N) is 2. The van der Waals surface area contributed by atoms with Gasteiger partial charge in [-0.1, -0.05) is 30.3 Å². The van der Waals surface area contributed by atoms with Gasteiger partial charge in [0.15, 0.2) is 5.78 Å². The molecule has 1 saturated heterocycles. The Balaban J connectivity index is 1.68. The maximum atomic E-state index is 12.8. The summed E-state index contributed by atoms with van der Waals surface area (Å²) in [6.07, 6.45) is 4.00. The quantitative estimate of drug-likeness (QED) is 0.699. The smallest absolute Gasteiger partial charge is 0.227 e. The largest absolute Gasteiger partial charge is 0.333 e. The summed E-state index contributed by atoms with van der Waals surface area (Å²) >= 11 is 0. The fourth-order valence-corrected chi connectivity index (χ4v) is 4.55. The average molecular weight is 358 g/mol. The van der Waals surface area contributed by atoms with E-state index < -0.39 is 0 Å². The molecule has 1 aliphatic heterocycles. The number of ketones is 1. The van der Waals surface area contributed by atoms with Gasteiger partial charge in [0.25, 0.3) is 0 Å². The fourth-order valence-electron chi connectivity index (χ4n) is 4.55. The predicted molar refractivity (Wildman–Crippen MR) is 106 cm³/mol. The molecule has 2 aromatic carbocycles. The lowest BCUT2D eigenvalue weighted by molar-refractivity contribution is -0.117. The first-order chi connectivity index (χ1) is 13.2. The van der Waals surface area contributed by atoms with Gasteiger partial charge >= 0.3 is 0 Å². The molecule has 2 aliphatic rings. The maximum absolute atomic E-state index is 12.8. The van der Waals surface area contributed by atoms with Crippen LogP contribution in [0, 0.1) is 0 Å². The van der Waals surface area contributed by atoms with Crippen molar-refractivity contribution in [1.29, 1.82) is 0 Å². The highest BCUT2D eigenvalue weighted by molar-refractivity contribution is 6.05. The highest BCUT2D eigenvalue weighted by Crippen LogP contribution is 2.35. The summed E-state index contributed by atoms with van der Waals surface area (Å²) in [7, 11) is 0. The molecule has 27 heavy (non-hydrogen) atoms. The van der Waals surface area contributed by atoms with E-state index in [0.717, 1.165) is 53.7 Å². The standard InChI is InChI=1S/C23H22N2O2/c26-21-9-4-8-18-19-14-17(24-13-5-10-22(24)27)11-12-20(19)25(23(18)21)15-16-6-2-1-3-7-16/h1-3,6-7,11-12,14H,4-5,8-10,13,15H2. The highest BCUT2D eigenvalue weighted by Gasteiger charge is 2.28. The number of aryl methyl sites for hydroxylation is 1. The lowest BCUT2D eigenvalue weighted by Crippen LogP contribution is -2.23. The van der Waals surface area contributed by atoms with E-state index in [0.29, 0.717) is 19.4 Å². The first-order valence-electron chi connectivity index (χ1n) is 9.75. The minimum absolute atomic E-state index is 0.197. The first kappa shape index (κ1) is 16.3. The van der Waals surface area contributed by atoms with Crippen molar-refractivity contribution < 1.29 is 9.59 Å². The molecular formula is C23H22N2O2. The van der Waals surface area contributed by atoms with Gasteiger partial charge < -0.3 is 9.47 Å². The molecule has 1 aromatic heterocycles. The number of carbonyl (C=O) groups excluding carboxylic acids is 2. The van der Waals surface area contributed by atoms with Crippen LogP contribution in [0.25, 0.3) is 10.9 Å². The summed E-state index contributed by atoms with van der Waals surface area (Å²) in [6.45, 7) is 1.48. The number of fused-ring (bicyclic) bond motifs is 3. The fraction of sp³-hybridized carbons (Fsp3) is 0.304. The van der Waals surface area contributed by atoms with E-state index in [1.165, 1.54) is 5.56 Å². The number of Topliss-reactive ketones (excluding diaryl/α,β-unsaturated/α-hetero) is 1. The van der Waals surface area contributed by atoms with E-state index in [-0.39, 0.29) is 11.7 Å². The molecule has 136 valence electrons. The van der Waals surface area contributed by atoms with E-state index in [1.54, 1.807) is 0 Å². The predicted octanol–water partition coefficient (Wildman–Crippen LogP) is 4.34.